The Kier molecular flexibility index (Phi) is 2.95. The first-order valence-corrected chi connectivity index (χ1v) is 3.75. The first kappa shape index (κ1) is 9.64. The maximum absolute atomic E-state index is 12.2. The molecule has 0 radical (unpaired) electrons. The Labute approximate surface area is 74.6 Å². The highest BCUT2D eigenvalue weighted by molar-refractivity contribution is 5.88. The minimum Gasteiger partial charge on any atom is -0.326 e. The number of hydrogen-bond acceptors (Lipinski definition) is 1. The Morgan fingerprint density at radius 2 is 2.15 bits per heavy atom. The van der Waals surface area contributed by atoms with Crippen LogP contribution in [-0.4, -0.2) is 5.91 Å². The lowest BCUT2D eigenvalue weighted by Crippen LogP contribution is -2.05. The molecule has 0 aromatic heterocycles. The van der Waals surface area contributed by atoms with Gasteiger partial charge in [-0.15, -0.1) is 0 Å². The summed E-state index contributed by atoms with van der Waals surface area (Å²) in [5.41, 5.74) is 0.302. The van der Waals surface area contributed by atoms with Crippen molar-refractivity contribution in [1.29, 1.82) is 0 Å². The molecule has 4 heteroatoms. The highest BCUT2D eigenvalue weighted by atomic mass is 19.3. The summed E-state index contributed by atoms with van der Waals surface area (Å²) in [6.45, 7) is 1.33. The van der Waals surface area contributed by atoms with E-state index in [1.807, 2.05) is 0 Å². The van der Waals surface area contributed by atoms with E-state index in [1.54, 1.807) is 6.07 Å². The quantitative estimate of drug-likeness (QED) is 0.753. The lowest BCUT2D eigenvalue weighted by Gasteiger charge is -2.04. The van der Waals surface area contributed by atoms with E-state index in [-0.39, 0.29) is 11.5 Å². The van der Waals surface area contributed by atoms with Gasteiger partial charge in [0.25, 0.3) is 6.43 Å². The average molecular weight is 185 g/mol. The third kappa shape index (κ3) is 2.82. The second-order valence-corrected chi connectivity index (χ2v) is 2.61. The molecule has 1 N–H and O–H groups in total. The third-order valence-electron chi connectivity index (χ3n) is 1.46. The fourth-order valence-electron chi connectivity index (χ4n) is 0.955. The summed E-state index contributed by atoms with van der Waals surface area (Å²) in [6, 6.07) is 5.61. The van der Waals surface area contributed by atoms with Crippen LogP contribution >= 0.6 is 0 Å². The van der Waals surface area contributed by atoms with Crippen LogP contribution in [0.3, 0.4) is 0 Å². The molecule has 1 amide bonds. The molecule has 0 fully saturated rings. The zero-order chi connectivity index (χ0) is 9.84. The topological polar surface area (TPSA) is 29.1 Å². The maximum Gasteiger partial charge on any atom is 0.263 e. The zero-order valence-corrected chi connectivity index (χ0v) is 7.05. The van der Waals surface area contributed by atoms with Crippen LogP contribution in [0.5, 0.6) is 0 Å². The molecule has 0 saturated heterocycles. The SMILES string of the molecule is CC(=O)Nc1cccc(C(F)F)c1. The van der Waals surface area contributed by atoms with Crippen LogP contribution in [-0.2, 0) is 4.79 Å². The number of anilines is 1. The Morgan fingerprint density at radius 3 is 2.69 bits per heavy atom. The van der Waals surface area contributed by atoms with Crippen LogP contribution in [0.15, 0.2) is 24.3 Å². The Morgan fingerprint density at radius 1 is 1.46 bits per heavy atom. The van der Waals surface area contributed by atoms with E-state index in [4.69, 9.17) is 0 Å². The van der Waals surface area contributed by atoms with Gasteiger partial charge in [-0.1, -0.05) is 12.1 Å². The molecule has 1 aromatic carbocycles. The van der Waals surface area contributed by atoms with Crippen LogP contribution in [0, 0.1) is 0 Å². The summed E-state index contributed by atoms with van der Waals surface area (Å²) in [7, 11) is 0. The molecule has 70 valence electrons. The lowest BCUT2D eigenvalue weighted by molar-refractivity contribution is -0.114. The van der Waals surface area contributed by atoms with E-state index >= 15 is 0 Å². The summed E-state index contributed by atoms with van der Waals surface area (Å²) in [4.78, 5) is 10.6. The molecule has 0 bridgehead atoms. The predicted octanol–water partition coefficient (Wildman–Crippen LogP) is 2.58. The van der Waals surface area contributed by atoms with Gasteiger partial charge in [-0.25, -0.2) is 8.78 Å². The van der Waals surface area contributed by atoms with E-state index in [1.165, 1.54) is 25.1 Å². The molecule has 13 heavy (non-hydrogen) atoms. The van der Waals surface area contributed by atoms with Gasteiger partial charge >= 0.3 is 0 Å². The van der Waals surface area contributed by atoms with Crippen LogP contribution in [0.4, 0.5) is 14.5 Å². The summed E-state index contributed by atoms with van der Waals surface area (Å²) in [5.74, 6) is -0.272. The van der Waals surface area contributed by atoms with Gasteiger partial charge < -0.3 is 5.32 Å². The molecular formula is C9H9F2NO. The molecule has 0 aliphatic rings. The number of carbonyl (C=O) groups is 1. The first-order chi connectivity index (χ1) is 6.09. The summed E-state index contributed by atoms with van der Waals surface area (Å²) in [5, 5.41) is 2.43. The van der Waals surface area contributed by atoms with E-state index in [0.29, 0.717) is 5.69 Å². The predicted molar refractivity (Wildman–Crippen MR) is 45.7 cm³/mol. The van der Waals surface area contributed by atoms with Crippen molar-refractivity contribution in [3.05, 3.63) is 29.8 Å². The summed E-state index contributed by atoms with van der Waals surface area (Å²) < 4.78 is 24.3. The summed E-state index contributed by atoms with van der Waals surface area (Å²) in [6.07, 6.45) is -2.51. The second-order valence-electron chi connectivity index (χ2n) is 2.61. The van der Waals surface area contributed by atoms with Gasteiger partial charge in [0.2, 0.25) is 5.91 Å². The van der Waals surface area contributed by atoms with E-state index in [2.05, 4.69) is 5.32 Å². The standard InChI is InChI=1S/C9H9F2NO/c1-6(13)12-8-4-2-3-7(5-8)9(10)11/h2-5,9H,1H3,(H,12,13). The average Bonchev–Trinajstić information content (AvgIpc) is 2.03. The number of nitrogens with one attached hydrogen (secondary N) is 1. The minimum atomic E-state index is -2.51. The van der Waals surface area contributed by atoms with Crippen molar-refractivity contribution in [2.75, 3.05) is 5.32 Å². The molecule has 0 heterocycles. The summed E-state index contributed by atoms with van der Waals surface area (Å²) >= 11 is 0. The monoisotopic (exact) mass is 185 g/mol. The highest BCUT2D eigenvalue weighted by Crippen LogP contribution is 2.21. The molecule has 0 atom stereocenters. The minimum absolute atomic E-state index is 0.0914. The molecule has 1 aromatic rings. The lowest BCUT2D eigenvalue weighted by atomic mass is 10.2. The molecule has 0 spiro atoms. The van der Waals surface area contributed by atoms with Crippen LogP contribution in [0.1, 0.15) is 18.9 Å². The van der Waals surface area contributed by atoms with Gasteiger partial charge in [-0.05, 0) is 12.1 Å². The van der Waals surface area contributed by atoms with Crippen LogP contribution in [0.25, 0.3) is 0 Å². The van der Waals surface area contributed by atoms with E-state index in [9.17, 15) is 13.6 Å². The van der Waals surface area contributed by atoms with Gasteiger partial charge in [0.05, 0.1) is 0 Å². The Bertz CT molecular complexity index is 312. The Hall–Kier alpha value is -1.45. The number of amides is 1. The van der Waals surface area contributed by atoms with Crippen molar-refractivity contribution in [3.8, 4) is 0 Å². The van der Waals surface area contributed by atoms with Crippen molar-refractivity contribution >= 4 is 11.6 Å². The van der Waals surface area contributed by atoms with Gasteiger partial charge in [-0.3, -0.25) is 4.79 Å². The number of alkyl halides is 2. The van der Waals surface area contributed by atoms with E-state index in [0.717, 1.165) is 0 Å². The largest absolute Gasteiger partial charge is 0.326 e. The van der Waals surface area contributed by atoms with Crippen LogP contribution < -0.4 is 5.32 Å². The fourth-order valence-corrected chi connectivity index (χ4v) is 0.955. The highest BCUT2D eigenvalue weighted by Gasteiger charge is 2.06. The van der Waals surface area contributed by atoms with Crippen molar-refractivity contribution in [2.45, 2.75) is 13.3 Å². The molecule has 2 nitrogen and oxygen atoms in total. The fraction of sp³-hybridized carbons (Fsp3) is 0.222. The van der Waals surface area contributed by atoms with Gasteiger partial charge in [0.1, 0.15) is 0 Å². The molecular weight excluding hydrogens is 176 g/mol. The molecule has 1 rings (SSSR count). The van der Waals surface area contributed by atoms with Gasteiger partial charge in [-0.2, -0.15) is 0 Å². The number of hydrogen-bond donors (Lipinski definition) is 1. The normalized spacial score (nSPS) is 10.2. The number of benzene rings is 1. The maximum atomic E-state index is 12.2. The van der Waals surface area contributed by atoms with Crippen molar-refractivity contribution in [1.82, 2.24) is 0 Å². The van der Waals surface area contributed by atoms with E-state index < -0.39 is 6.43 Å². The Balaban J connectivity index is 2.85. The van der Waals surface area contributed by atoms with Gasteiger partial charge in [0.15, 0.2) is 0 Å². The first-order valence-electron chi connectivity index (χ1n) is 3.75. The number of halogens is 2. The molecule has 0 unspecified atom stereocenters. The van der Waals surface area contributed by atoms with Gasteiger partial charge in [0, 0.05) is 18.2 Å². The smallest absolute Gasteiger partial charge is 0.263 e. The third-order valence-corrected chi connectivity index (χ3v) is 1.46. The number of rotatable bonds is 2. The molecule has 0 saturated carbocycles. The molecule has 0 aliphatic carbocycles. The number of carbonyl (C=O) groups excluding carboxylic acids is 1. The van der Waals surface area contributed by atoms with Crippen LogP contribution in [0.2, 0.25) is 0 Å². The zero-order valence-electron chi connectivity index (χ0n) is 7.05. The van der Waals surface area contributed by atoms with Crippen molar-refractivity contribution < 1.29 is 13.6 Å². The van der Waals surface area contributed by atoms with Crippen molar-refractivity contribution in [2.24, 2.45) is 0 Å². The second kappa shape index (κ2) is 3.98. The molecule has 0 aliphatic heterocycles. The van der Waals surface area contributed by atoms with Crippen molar-refractivity contribution in [3.63, 3.8) is 0 Å².